The van der Waals surface area contributed by atoms with Crippen LogP contribution in [0, 0.1) is 11.6 Å². The number of hydrogen-bond donors (Lipinski definition) is 2. The molecule has 1 saturated heterocycles. The lowest BCUT2D eigenvalue weighted by Gasteiger charge is -2.38. The Hall–Kier alpha value is -1.04. The predicted molar refractivity (Wildman–Crippen MR) is 72.2 cm³/mol. The van der Waals surface area contributed by atoms with Gasteiger partial charge >= 0.3 is 0 Å². The molecule has 0 bridgehead atoms. The minimum absolute atomic E-state index is 0.0173. The van der Waals surface area contributed by atoms with E-state index in [0.717, 1.165) is 37.9 Å². The van der Waals surface area contributed by atoms with Gasteiger partial charge in [-0.15, -0.1) is 0 Å². The van der Waals surface area contributed by atoms with Crippen molar-refractivity contribution in [1.29, 1.82) is 0 Å². The van der Waals surface area contributed by atoms with Gasteiger partial charge in [0, 0.05) is 12.6 Å². The maximum Gasteiger partial charge on any atom is 0.159 e. The van der Waals surface area contributed by atoms with Crippen molar-refractivity contribution >= 4 is 0 Å². The van der Waals surface area contributed by atoms with E-state index in [1.165, 1.54) is 6.07 Å². The van der Waals surface area contributed by atoms with Gasteiger partial charge in [-0.1, -0.05) is 12.5 Å². The third-order valence-corrected chi connectivity index (χ3v) is 3.96. The van der Waals surface area contributed by atoms with Gasteiger partial charge in [0.2, 0.25) is 0 Å². The predicted octanol–water partition coefficient (Wildman–Crippen LogP) is 2.23. The zero-order chi connectivity index (χ0) is 14.7. The smallest absolute Gasteiger partial charge is 0.159 e. The fraction of sp³-hybridized carbons (Fsp3) is 0.600. The van der Waals surface area contributed by atoms with Crippen molar-refractivity contribution in [2.45, 2.75) is 44.4 Å². The summed E-state index contributed by atoms with van der Waals surface area (Å²) in [5.41, 5.74) is 0.360. The highest BCUT2D eigenvalue weighted by Gasteiger charge is 2.28. The highest BCUT2D eigenvalue weighted by molar-refractivity contribution is 5.20. The molecule has 112 valence electrons. The first-order valence-corrected chi connectivity index (χ1v) is 7.04. The summed E-state index contributed by atoms with van der Waals surface area (Å²) in [6.07, 6.45) is 1.63. The topological polar surface area (TPSA) is 43.7 Å². The molecule has 0 radical (unpaired) electrons. The summed E-state index contributed by atoms with van der Waals surface area (Å²) in [5, 5.41) is 20.0. The molecule has 1 fully saturated rings. The van der Waals surface area contributed by atoms with E-state index >= 15 is 0 Å². The van der Waals surface area contributed by atoms with Crippen LogP contribution in [0.2, 0.25) is 0 Å². The van der Waals surface area contributed by atoms with Gasteiger partial charge in [-0.3, -0.25) is 4.90 Å². The number of nitrogens with zero attached hydrogens (tertiary/aromatic N) is 1. The van der Waals surface area contributed by atoms with Crippen LogP contribution in [-0.4, -0.2) is 40.3 Å². The average Bonchev–Trinajstić information content (AvgIpc) is 2.42. The van der Waals surface area contributed by atoms with E-state index in [0.29, 0.717) is 12.1 Å². The van der Waals surface area contributed by atoms with Crippen LogP contribution in [0.1, 0.15) is 37.9 Å². The van der Waals surface area contributed by atoms with Crippen LogP contribution in [-0.2, 0) is 0 Å². The summed E-state index contributed by atoms with van der Waals surface area (Å²) >= 11 is 0. The number of rotatable bonds is 4. The Balaban J connectivity index is 2.05. The van der Waals surface area contributed by atoms with Gasteiger partial charge in [-0.05, 0) is 44.0 Å². The van der Waals surface area contributed by atoms with Gasteiger partial charge in [-0.2, -0.15) is 0 Å². The number of likely N-dealkylation sites (tertiary alicyclic amines) is 1. The van der Waals surface area contributed by atoms with E-state index in [2.05, 4.69) is 0 Å². The molecule has 3 nitrogen and oxygen atoms in total. The van der Waals surface area contributed by atoms with Crippen molar-refractivity contribution in [3.63, 3.8) is 0 Å². The molecule has 2 N–H and O–H groups in total. The van der Waals surface area contributed by atoms with Crippen LogP contribution in [0.4, 0.5) is 8.78 Å². The quantitative estimate of drug-likeness (QED) is 0.891. The summed E-state index contributed by atoms with van der Waals surface area (Å²) in [6.45, 7) is 2.86. The van der Waals surface area contributed by atoms with Crippen LogP contribution in [0.3, 0.4) is 0 Å². The molecule has 1 aromatic carbocycles. The van der Waals surface area contributed by atoms with Crippen LogP contribution in [0.5, 0.6) is 0 Å². The first-order valence-electron chi connectivity index (χ1n) is 7.04. The largest absolute Gasteiger partial charge is 0.392 e. The molecule has 20 heavy (non-hydrogen) atoms. The lowest BCUT2D eigenvalue weighted by Crippen LogP contribution is -2.47. The standard InChI is InChI=1S/C15H21F2NO2/c1-10(19)14-4-2-3-7-18(14)9-15(20)11-5-6-12(16)13(17)8-11/h5-6,8,10,14-15,19-20H,2-4,7,9H2,1H3/t10-,14+,15+/m0/s1. The van der Waals surface area contributed by atoms with Gasteiger partial charge in [0.25, 0.3) is 0 Å². The van der Waals surface area contributed by atoms with E-state index in [9.17, 15) is 19.0 Å². The Bertz CT molecular complexity index is 453. The molecular formula is C15H21F2NO2. The first kappa shape index (κ1) is 15.4. The van der Waals surface area contributed by atoms with Gasteiger partial charge in [-0.25, -0.2) is 8.78 Å². The highest BCUT2D eigenvalue weighted by Crippen LogP contribution is 2.24. The molecule has 5 heteroatoms. The molecule has 3 atom stereocenters. The zero-order valence-electron chi connectivity index (χ0n) is 11.6. The second-order valence-corrected chi connectivity index (χ2v) is 5.49. The Morgan fingerprint density at radius 3 is 2.65 bits per heavy atom. The molecule has 1 aromatic rings. The monoisotopic (exact) mass is 285 g/mol. The lowest BCUT2D eigenvalue weighted by molar-refractivity contribution is 0.00755. The third kappa shape index (κ3) is 3.53. The first-order chi connectivity index (χ1) is 9.49. The van der Waals surface area contributed by atoms with E-state index in [1.54, 1.807) is 6.92 Å². The van der Waals surface area contributed by atoms with E-state index < -0.39 is 23.8 Å². The SMILES string of the molecule is C[C@H](O)[C@H]1CCCCN1C[C@@H](O)c1ccc(F)c(F)c1. The van der Waals surface area contributed by atoms with Crippen molar-refractivity contribution < 1.29 is 19.0 Å². The van der Waals surface area contributed by atoms with Crippen LogP contribution in [0.15, 0.2) is 18.2 Å². The number of piperidine rings is 1. The van der Waals surface area contributed by atoms with Crippen LogP contribution >= 0.6 is 0 Å². The Labute approximate surface area is 117 Å². The maximum absolute atomic E-state index is 13.2. The minimum atomic E-state index is -0.952. The molecular weight excluding hydrogens is 264 g/mol. The van der Waals surface area contributed by atoms with E-state index in [-0.39, 0.29) is 6.04 Å². The molecule has 1 heterocycles. The number of aliphatic hydroxyl groups is 2. The van der Waals surface area contributed by atoms with E-state index in [4.69, 9.17) is 0 Å². The number of aliphatic hydroxyl groups excluding tert-OH is 2. The summed E-state index contributed by atoms with van der Waals surface area (Å²) in [4.78, 5) is 2.03. The molecule has 0 spiro atoms. The van der Waals surface area contributed by atoms with Crippen molar-refractivity contribution in [2.75, 3.05) is 13.1 Å². The second kappa shape index (κ2) is 6.61. The number of halogens is 2. The van der Waals surface area contributed by atoms with Gasteiger partial charge < -0.3 is 10.2 Å². The molecule has 0 saturated carbocycles. The van der Waals surface area contributed by atoms with Crippen molar-refractivity contribution in [3.05, 3.63) is 35.4 Å². The third-order valence-electron chi connectivity index (χ3n) is 3.96. The summed E-state index contributed by atoms with van der Waals surface area (Å²) < 4.78 is 26.1. The van der Waals surface area contributed by atoms with Gasteiger partial charge in [0.15, 0.2) is 11.6 Å². The maximum atomic E-state index is 13.2. The molecule has 1 aliphatic rings. The van der Waals surface area contributed by atoms with Crippen molar-refractivity contribution in [1.82, 2.24) is 4.90 Å². The number of β-amino-alcohol motifs (C(OH)–C–C–N with tert-alkyl or cyclic N) is 1. The second-order valence-electron chi connectivity index (χ2n) is 5.49. The van der Waals surface area contributed by atoms with Gasteiger partial charge in [0.05, 0.1) is 12.2 Å². The molecule has 0 amide bonds. The fourth-order valence-electron chi connectivity index (χ4n) is 2.84. The Kier molecular flexibility index (Phi) is 5.07. The van der Waals surface area contributed by atoms with E-state index in [1.807, 2.05) is 4.90 Å². The Morgan fingerprint density at radius 1 is 1.25 bits per heavy atom. The fourth-order valence-corrected chi connectivity index (χ4v) is 2.84. The molecule has 0 unspecified atom stereocenters. The van der Waals surface area contributed by atoms with Crippen molar-refractivity contribution in [3.8, 4) is 0 Å². The van der Waals surface area contributed by atoms with Crippen LogP contribution < -0.4 is 0 Å². The van der Waals surface area contributed by atoms with Crippen molar-refractivity contribution in [2.24, 2.45) is 0 Å². The van der Waals surface area contributed by atoms with Gasteiger partial charge in [0.1, 0.15) is 0 Å². The molecule has 2 rings (SSSR count). The molecule has 0 aliphatic carbocycles. The minimum Gasteiger partial charge on any atom is -0.392 e. The number of hydrogen-bond acceptors (Lipinski definition) is 3. The number of benzene rings is 1. The summed E-state index contributed by atoms with van der Waals surface area (Å²) in [7, 11) is 0. The zero-order valence-corrected chi connectivity index (χ0v) is 11.6. The normalized spacial score (nSPS) is 23.6. The lowest BCUT2D eigenvalue weighted by atomic mass is 9.97. The summed E-state index contributed by atoms with van der Waals surface area (Å²) in [6, 6.07) is 3.46. The summed E-state index contributed by atoms with van der Waals surface area (Å²) in [5.74, 6) is -1.87. The molecule has 0 aromatic heterocycles. The molecule has 1 aliphatic heterocycles. The average molecular weight is 285 g/mol. The highest BCUT2D eigenvalue weighted by atomic mass is 19.2. The Morgan fingerprint density at radius 2 is 2.00 bits per heavy atom. The van der Waals surface area contributed by atoms with Crippen LogP contribution in [0.25, 0.3) is 0 Å².